The predicted octanol–water partition coefficient (Wildman–Crippen LogP) is 2.93. The lowest BCUT2D eigenvalue weighted by Crippen LogP contribution is -2.48. The molecule has 2 amide bonds. The van der Waals surface area contributed by atoms with E-state index in [4.69, 9.17) is 9.47 Å². The molecule has 0 unspecified atom stereocenters. The molecule has 1 aromatic carbocycles. The summed E-state index contributed by atoms with van der Waals surface area (Å²) in [5.74, 6) is -1.52. The van der Waals surface area contributed by atoms with Crippen LogP contribution in [-0.4, -0.2) is 29.5 Å². The monoisotopic (exact) mass is 314 g/mol. The number of amides is 2. The van der Waals surface area contributed by atoms with Gasteiger partial charge in [0.15, 0.2) is 11.6 Å². The maximum absolute atomic E-state index is 13.4. The maximum atomic E-state index is 13.4. The number of benzene rings is 1. The van der Waals surface area contributed by atoms with Crippen molar-refractivity contribution in [2.45, 2.75) is 39.9 Å². The molecule has 0 aromatic heterocycles. The summed E-state index contributed by atoms with van der Waals surface area (Å²) in [4.78, 5) is 23.7. The zero-order chi connectivity index (χ0) is 16.9. The van der Waals surface area contributed by atoms with Crippen LogP contribution in [0.3, 0.4) is 0 Å². The Morgan fingerprint density at radius 1 is 1.18 bits per heavy atom. The van der Waals surface area contributed by atoms with Crippen molar-refractivity contribution in [3.8, 4) is 5.75 Å². The Morgan fingerprint density at radius 2 is 1.77 bits per heavy atom. The Labute approximate surface area is 127 Å². The molecule has 2 N–H and O–H groups in total. The molecule has 0 aliphatic carbocycles. The number of anilines is 1. The molecule has 0 fully saturated rings. The first kappa shape index (κ1) is 17.5. The Hall–Kier alpha value is -2.51. The summed E-state index contributed by atoms with van der Waals surface area (Å²) in [7, 11) is 0. The summed E-state index contributed by atoms with van der Waals surface area (Å²) in [6.45, 7) is 6.52. The van der Waals surface area contributed by atoms with E-state index in [0.29, 0.717) is 5.01 Å². The van der Waals surface area contributed by atoms with Gasteiger partial charge in [-0.05, 0) is 39.8 Å². The molecule has 0 aliphatic heterocycles. The van der Waals surface area contributed by atoms with Crippen LogP contribution >= 0.6 is 0 Å². The summed E-state index contributed by atoms with van der Waals surface area (Å²) < 4.78 is 23.3. The van der Waals surface area contributed by atoms with Crippen LogP contribution in [-0.2, 0) is 9.47 Å². The highest BCUT2D eigenvalue weighted by Crippen LogP contribution is 2.22. The normalized spacial score (nSPS) is 10.5. The molecule has 0 radical (unpaired) electrons. The van der Waals surface area contributed by atoms with Crippen molar-refractivity contribution in [3.63, 3.8) is 0 Å². The van der Waals surface area contributed by atoms with E-state index >= 15 is 0 Å². The Balaban J connectivity index is 3.02. The van der Waals surface area contributed by atoms with Gasteiger partial charge in [-0.2, -0.15) is 5.01 Å². The number of carbonyl (C=O) groups excluding carboxylic acids is 2. The average Bonchev–Trinajstić information content (AvgIpc) is 2.37. The van der Waals surface area contributed by atoms with Crippen LogP contribution < -0.4 is 10.4 Å². The molecule has 0 spiro atoms. The van der Waals surface area contributed by atoms with Crippen LogP contribution in [0.25, 0.3) is 0 Å². The van der Waals surface area contributed by atoms with Crippen LogP contribution in [0.1, 0.15) is 27.7 Å². The van der Waals surface area contributed by atoms with Gasteiger partial charge in [0.2, 0.25) is 0 Å². The number of hydrazine groups is 1. The minimum absolute atomic E-state index is 0.0262. The third-order valence-corrected chi connectivity index (χ3v) is 2.25. The van der Waals surface area contributed by atoms with E-state index in [1.54, 1.807) is 27.7 Å². The number of phenolic OH excluding ortho intramolecular Hbond substituents is 1. The number of carbonyl (C=O) groups is 2. The van der Waals surface area contributed by atoms with E-state index < -0.39 is 36.0 Å². The molecule has 1 aromatic rings. The van der Waals surface area contributed by atoms with E-state index in [0.717, 1.165) is 12.1 Å². The minimum atomic E-state index is -0.945. The van der Waals surface area contributed by atoms with Gasteiger partial charge in [0.05, 0.1) is 17.9 Å². The quantitative estimate of drug-likeness (QED) is 0.837. The molecule has 0 bridgehead atoms. The largest absolute Gasteiger partial charge is 0.505 e. The number of rotatable bonds is 3. The smallest absolute Gasteiger partial charge is 0.433 e. The molecule has 122 valence electrons. The van der Waals surface area contributed by atoms with Gasteiger partial charge in [-0.3, -0.25) is 0 Å². The van der Waals surface area contributed by atoms with E-state index in [1.165, 1.54) is 6.07 Å². The molecule has 8 heteroatoms. The van der Waals surface area contributed by atoms with Gasteiger partial charge in [-0.15, -0.1) is 0 Å². The van der Waals surface area contributed by atoms with E-state index in [1.807, 2.05) is 0 Å². The maximum Gasteiger partial charge on any atom is 0.433 e. The van der Waals surface area contributed by atoms with Gasteiger partial charge < -0.3 is 14.6 Å². The summed E-state index contributed by atoms with van der Waals surface area (Å²) in [5.41, 5.74) is 2.14. The first-order valence-electron chi connectivity index (χ1n) is 6.67. The lowest BCUT2D eigenvalue weighted by Gasteiger charge is -2.24. The highest BCUT2D eigenvalue weighted by molar-refractivity contribution is 5.90. The standard InChI is InChI=1S/C14H19FN2O5/c1-8(2)21-13(19)16-17(14(20)22-9(3)4)10-5-6-12(18)11(15)7-10/h5-9,18H,1-4H3,(H,16,19). The van der Waals surface area contributed by atoms with E-state index in [9.17, 15) is 19.1 Å². The van der Waals surface area contributed by atoms with Gasteiger partial charge in [0.25, 0.3) is 0 Å². The number of nitrogens with one attached hydrogen (secondary N) is 1. The third kappa shape index (κ3) is 5.12. The van der Waals surface area contributed by atoms with Crippen molar-refractivity contribution in [2.24, 2.45) is 0 Å². The van der Waals surface area contributed by atoms with Gasteiger partial charge >= 0.3 is 12.2 Å². The van der Waals surface area contributed by atoms with Crippen molar-refractivity contribution in [1.29, 1.82) is 0 Å². The van der Waals surface area contributed by atoms with Crippen molar-refractivity contribution >= 4 is 17.9 Å². The first-order valence-corrected chi connectivity index (χ1v) is 6.67. The Morgan fingerprint density at radius 3 is 2.27 bits per heavy atom. The van der Waals surface area contributed by atoms with Gasteiger partial charge in [0.1, 0.15) is 0 Å². The van der Waals surface area contributed by atoms with Crippen molar-refractivity contribution in [2.75, 3.05) is 5.01 Å². The second-order valence-corrected chi connectivity index (χ2v) is 4.97. The molecular weight excluding hydrogens is 295 g/mol. The number of aromatic hydroxyl groups is 1. The van der Waals surface area contributed by atoms with Crippen molar-refractivity contribution in [3.05, 3.63) is 24.0 Å². The fraction of sp³-hybridized carbons (Fsp3) is 0.429. The fourth-order valence-electron chi connectivity index (χ4n) is 1.44. The number of ether oxygens (including phenoxy) is 2. The number of halogens is 1. The van der Waals surface area contributed by atoms with Crippen LogP contribution in [0.15, 0.2) is 18.2 Å². The Bertz CT molecular complexity index is 548. The third-order valence-electron chi connectivity index (χ3n) is 2.25. The summed E-state index contributed by atoms with van der Waals surface area (Å²) in [6, 6.07) is 3.18. The minimum Gasteiger partial charge on any atom is -0.505 e. The lowest BCUT2D eigenvalue weighted by molar-refractivity contribution is 0.103. The van der Waals surface area contributed by atoms with E-state index in [2.05, 4.69) is 5.43 Å². The SMILES string of the molecule is CC(C)OC(=O)NN(C(=O)OC(C)C)c1ccc(O)c(F)c1. The highest BCUT2D eigenvalue weighted by Gasteiger charge is 2.23. The number of hydrogen-bond donors (Lipinski definition) is 2. The van der Waals surface area contributed by atoms with Crippen LogP contribution in [0.5, 0.6) is 5.75 Å². The molecule has 7 nitrogen and oxygen atoms in total. The summed E-state index contributed by atoms with van der Waals surface area (Å²) in [5, 5.41) is 9.89. The molecule has 0 saturated heterocycles. The van der Waals surface area contributed by atoms with Crippen molar-refractivity contribution < 1.29 is 28.6 Å². The van der Waals surface area contributed by atoms with Gasteiger partial charge in [-0.1, -0.05) is 0 Å². The van der Waals surface area contributed by atoms with Gasteiger partial charge in [0, 0.05) is 6.07 Å². The van der Waals surface area contributed by atoms with Crippen LogP contribution in [0, 0.1) is 5.82 Å². The fourth-order valence-corrected chi connectivity index (χ4v) is 1.44. The van der Waals surface area contributed by atoms with Crippen molar-refractivity contribution in [1.82, 2.24) is 5.43 Å². The molecule has 0 heterocycles. The first-order chi connectivity index (χ1) is 10.2. The predicted molar refractivity (Wildman–Crippen MR) is 76.9 cm³/mol. The second-order valence-electron chi connectivity index (χ2n) is 4.97. The number of hydrogen-bond acceptors (Lipinski definition) is 5. The van der Waals surface area contributed by atoms with E-state index in [-0.39, 0.29) is 5.69 Å². The zero-order valence-electron chi connectivity index (χ0n) is 12.8. The van der Waals surface area contributed by atoms with Gasteiger partial charge in [-0.25, -0.2) is 19.4 Å². The molecular formula is C14H19FN2O5. The van der Waals surface area contributed by atoms with Crippen LogP contribution in [0.2, 0.25) is 0 Å². The molecule has 22 heavy (non-hydrogen) atoms. The summed E-state index contributed by atoms with van der Waals surface area (Å²) in [6.07, 6.45) is -2.66. The molecule has 1 rings (SSSR count). The lowest BCUT2D eigenvalue weighted by atomic mass is 10.3. The highest BCUT2D eigenvalue weighted by atomic mass is 19.1. The number of phenols is 1. The Kier molecular flexibility index (Phi) is 5.97. The zero-order valence-corrected chi connectivity index (χ0v) is 12.8. The molecule has 0 aliphatic rings. The van der Waals surface area contributed by atoms with Crippen LogP contribution in [0.4, 0.5) is 19.7 Å². The topological polar surface area (TPSA) is 88.1 Å². The second kappa shape index (κ2) is 7.48. The molecule has 0 atom stereocenters. The molecule has 0 saturated carbocycles. The summed E-state index contributed by atoms with van der Waals surface area (Å²) >= 11 is 0. The average molecular weight is 314 g/mol. The number of nitrogens with zero attached hydrogens (tertiary/aromatic N) is 1.